The lowest BCUT2D eigenvalue weighted by Gasteiger charge is -2.32. The molecule has 0 aromatic rings. The number of hydrogen-bond donors (Lipinski definition) is 0. The van der Waals surface area contributed by atoms with Gasteiger partial charge in [-0.2, -0.15) is 39.5 Å². The Hall–Kier alpha value is -1.06. The summed E-state index contributed by atoms with van der Waals surface area (Å²) < 4.78 is 149. The maximum Gasteiger partial charge on any atom is 1.00 e. The van der Waals surface area contributed by atoms with Crippen molar-refractivity contribution < 1.29 is 62.8 Å². The Morgan fingerprint density at radius 3 is 1.83 bits per heavy atom. The van der Waals surface area contributed by atoms with E-state index >= 15 is 0 Å². The minimum absolute atomic E-state index is 0. The van der Waals surface area contributed by atoms with E-state index in [1.54, 1.807) is 0 Å². The molecule has 0 heterocycles. The van der Waals surface area contributed by atoms with Gasteiger partial charge in [0.15, 0.2) is 0 Å². The summed E-state index contributed by atoms with van der Waals surface area (Å²) in [6.07, 6.45) is -7.82. The highest BCUT2D eigenvalue weighted by molar-refractivity contribution is 7.80. The summed E-state index contributed by atoms with van der Waals surface area (Å²) in [7, 11) is -5.05. The van der Waals surface area contributed by atoms with E-state index in [4.69, 9.17) is 0 Å². The predicted octanol–water partition coefficient (Wildman–Crippen LogP) is 2.62. The monoisotopic (exact) mass is 400 g/mol. The van der Waals surface area contributed by atoms with Crippen LogP contribution in [-0.4, -0.2) is 56.7 Å². The van der Waals surface area contributed by atoms with Gasteiger partial charge in [-0.15, -0.1) is 0 Å². The first-order chi connectivity index (χ1) is 10.5. The first-order valence-corrected chi connectivity index (χ1v) is 6.85. The van der Waals surface area contributed by atoms with Crippen LogP contribution in [0.3, 0.4) is 0 Å². The van der Waals surface area contributed by atoms with Gasteiger partial charge in [0.2, 0.25) is 10.4 Å². The smallest absolute Gasteiger partial charge is 0.726 e. The van der Waals surface area contributed by atoms with E-state index in [1.165, 1.54) is 0 Å². The maximum absolute atomic E-state index is 12.9. The minimum Gasteiger partial charge on any atom is -0.726 e. The molecule has 0 amide bonds. The molecule has 0 radical (unpaired) electrons. The van der Waals surface area contributed by atoms with Crippen LogP contribution in [0.2, 0.25) is 0 Å². The SMILES string of the molecule is O=S(=O)([O-])OCCOCC=CC(F)(F)C(F)(F)C(F)(F)C(F)(F)F.[H+]. The fourth-order valence-corrected chi connectivity index (χ4v) is 1.31. The summed E-state index contributed by atoms with van der Waals surface area (Å²) in [4.78, 5) is 0. The number of alkyl halides is 9. The standard InChI is InChI=1S/C9H9F9O5S/c10-6(11,7(12,13)8(14,15)9(16,17)18)2-1-3-22-4-5-23-24(19,20)21/h1-2H,3-5H2,(H,19,20,21). The quantitative estimate of drug-likeness (QED) is 0.196. The van der Waals surface area contributed by atoms with Gasteiger partial charge in [-0.3, -0.25) is 4.18 Å². The van der Waals surface area contributed by atoms with E-state index in [-0.39, 0.29) is 7.50 Å². The number of ether oxygens (including phenoxy) is 1. The first-order valence-electron chi connectivity index (χ1n) is 5.51. The average Bonchev–Trinajstić information content (AvgIpc) is 2.34. The molecule has 0 aromatic carbocycles. The van der Waals surface area contributed by atoms with Gasteiger partial charge in [-0.1, -0.05) is 6.08 Å². The largest absolute Gasteiger partial charge is 1.00 e. The Bertz CT molecular complexity index is 546. The molecule has 0 unspecified atom stereocenters. The summed E-state index contributed by atoms with van der Waals surface area (Å²) in [5, 5.41) is 0. The predicted molar refractivity (Wildman–Crippen MR) is 57.6 cm³/mol. The van der Waals surface area contributed by atoms with Crippen LogP contribution in [0, 0.1) is 0 Å². The van der Waals surface area contributed by atoms with Crippen LogP contribution in [-0.2, 0) is 19.3 Å². The second kappa shape index (κ2) is 7.45. The van der Waals surface area contributed by atoms with Gasteiger partial charge in [0.1, 0.15) is 0 Å². The average molecular weight is 400 g/mol. The molecule has 0 atom stereocenters. The molecule has 24 heavy (non-hydrogen) atoms. The highest BCUT2D eigenvalue weighted by Crippen LogP contribution is 2.53. The van der Waals surface area contributed by atoms with Crippen molar-refractivity contribution in [1.29, 1.82) is 0 Å². The zero-order valence-corrected chi connectivity index (χ0v) is 11.9. The topological polar surface area (TPSA) is 75.7 Å². The fourth-order valence-electron chi connectivity index (χ4n) is 1.03. The van der Waals surface area contributed by atoms with Gasteiger partial charge in [0.25, 0.3) is 0 Å². The summed E-state index contributed by atoms with van der Waals surface area (Å²) >= 11 is 0. The molecule has 0 saturated heterocycles. The molecule has 144 valence electrons. The Kier molecular flexibility index (Phi) is 7.12. The normalized spacial score (nSPS) is 15.2. The minimum atomic E-state index is -7.00. The van der Waals surface area contributed by atoms with E-state index in [2.05, 4.69) is 8.92 Å². The van der Waals surface area contributed by atoms with Crippen molar-refractivity contribution in [2.24, 2.45) is 0 Å². The molecule has 0 saturated carbocycles. The summed E-state index contributed by atoms with van der Waals surface area (Å²) in [5.74, 6) is -19.6. The van der Waals surface area contributed by atoms with Crippen LogP contribution in [0.4, 0.5) is 39.5 Å². The molecular formula is C9H9F9O5S. The van der Waals surface area contributed by atoms with Crippen molar-refractivity contribution in [1.82, 2.24) is 0 Å². The Labute approximate surface area is 130 Å². The molecule has 0 aliphatic carbocycles. The van der Waals surface area contributed by atoms with E-state index in [1.807, 2.05) is 0 Å². The van der Waals surface area contributed by atoms with Gasteiger partial charge < -0.3 is 9.29 Å². The van der Waals surface area contributed by atoms with E-state index in [0.717, 1.165) is 0 Å². The molecule has 0 fully saturated rings. The molecule has 0 spiro atoms. The third-order valence-electron chi connectivity index (χ3n) is 2.17. The van der Waals surface area contributed by atoms with Gasteiger partial charge in [0, 0.05) is 0 Å². The number of hydrogen-bond acceptors (Lipinski definition) is 5. The van der Waals surface area contributed by atoms with Gasteiger partial charge in [-0.25, -0.2) is 8.42 Å². The first kappa shape index (κ1) is 22.9. The van der Waals surface area contributed by atoms with E-state index in [0.29, 0.717) is 0 Å². The Morgan fingerprint density at radius 1 is 0.917 bits per heavy atom. The van der Waals surface area contributed by atoms with Crippen LogP contribution in [0.15, 0.2) is 12.2 Å². The zero-order valence-electron chi connectivity index (χ0n) is 12.1. The highest BCUT2D eigenvalue weighted by Gasteiger charge is 2.81. The van der Waals surface area contributed by atoms with Gasteiger partial charge in [-0.05, 0) is 6.08 Å². The molecule has 0 rings (SSSR count). The van der Waals surface area contributed by atoms with Crippen molar-refractivity contribution in [3.05, 3.63) is 12.2 Å². The molecule has 0 aliphatic heterocycles. The second-order valence-electron chi connectivity index (χ2n) is 3.98. The van der Waals surface area contributed by atoms with Gasteiger partial charge >= 0.3 is 25.4 Å². The van der Waals surface area contributed by atoms with Crippen molar-refractivity contribution >= 4 is 10.4 Å². The van der Waals surface area contributed by atoms with E-state index < -0.39 is 60.2 Å². The van der Waals surface area contributed by atoms with Crippen molar-refractivity contribution in [3.63, 3.8) is 0 Å². The summed E-state index contributed by atoms with van der Waals surface area (Å²) in [6, 6.07) is 0. The molecule has 0 N–H and O–H groups in total. The molecule has 15 heteroatoms. The molecule has 0 aliphatic rings. The van der Waals surface area contributed by atoms with E-state index in [9.17, 15) is 52.5 Å². The summed E-state index contributed by atoms with van der Waals surface area (Å²) in [5.41, 5.74) is 0. The van der Waals surface area contributed by atoms with Crippen LogP contribution < -0.4 is 0 Å². The van der Waals surface area contributed by atoms with Gasteiger partial charge in [0.05, 0.1) is 19.8 Å². The Morgan fingerprint density at radius 2 is 1.42 bits per heavy atom. The molecular weight excluding hydrogens is 391 g/mol. The summed E-state index contributed by atoms with van der Waals surface area (Å²) in [6.45, 7) is -2.56. The third kappa shape index (κ3) is 5.78. The lowest BCUT2D eigenvalue weighted by atomic mass is 10.0. The van der Waals surface area contributed by atoms with Crippen molar-refractivity contribution in [2.75, 3.05) is 19.8 Å². The molecule has 0 bridgehead atoms. The van der Waals surface area contributed by atoms with Crippen LogP contribution >= 0.6 is 0 Å². The zero-order chi connectivity index (χ0) is 19.4. The van der Waals surface area contributed by atoms with Crippen molar-refractivity contribution in [2.45, 2.75) is 23.9 Å². The number of rotatable bonds is 9. The Balaban J connectivity index is 0. The second-order valence-corrected chi connectivity index (χ2v) is 5.03. The fraction of sp³-hybridized carbons (Fsp3) is 0.778. The highest BCUT2D eigenvalue weighted by atomic mass is 32.3. The van der Waals surface area contributed by atoms with Crippen LogP contribution in [0.1, 0.15) is 1.43 Å². The number of halogens is 9. The van der Waals surface area contributed by atoms with Crippen molar-refractivity contribution in [3.8, 4) is 0 Å². The van der Waals surface area contributed by atoms with Crippen LogP contribution in [0.5, 0.6) is 0 Å². The van der Waals surface area contributed by atoms with Crippen LogP contribution in [0.25, 0.3) is 0 Å². The third-order valence-corrected chi connectivity index (χ3v) is 2.62. The molecule has 5 nitrogen and oxygen atoms in total. The lowest BCUT2D eigenvalue weighted by Crippen LogP contribution is -2.60. The molecule has 0 aromatic heterocycles. The lowest BCUT2D eigenvalue weighted by molar-refractivity contribution is -0.388. The maximum atomic E-state index is 12.9. The number of allylic oxidation sites excluding steroid dienone is 1.